The van der Waals surface area contributed by atoms with Crippen LogP contribution in [0.2, 0.25) is 0 Å². The minimum absolute atomic E-state index is 0.0277. The van der Waals surface area contributed by atoms with Gasteiger partial charge in [0.1, 0.15) is 0 Å². The van der Waals surface area contributed by atoms with Crippen LogP contribution in [0.3, 0.4) is 0 Å². The van der Waals surface area contributed by atoms with Gasteiger partial charge in [0, 0.05) is 132 Å². The summed E-state index contributed by atoms with van der Waals surface area (Å²) in [5.41, 5.74) is 46.9. The van der Waals surface area contributed by atoms with Crippen LogP contribution in [0.1, 0.15) is 99.9 Å². The second-order valence-corrected chi connectivity index (χ2v) is 40.0. The van der Waals surface area contributed by atoms with E-state index in [2.05, 4.69) is 612 Å². The molecule has 0 aliphatic heterocycles. The molecule has 0 saturated carbocycles. The molecule has 0 heterocycles. The zero-order chi connectivity index (χ0) is 99.6. The summed E-state index contributed by atoms with van der Waals surface area (Å²) in [4.78, 5) is 13.4. The second kappa shape index (κ2) is 41.9. The molecule has 20 aromatic rings. The Morgan fingerprint density at radius 2 is 0.278 bits per heavy atom. The van der Waals surface area contributed by atoms with Crippen molar-refractivity contribution in [3.63, 3.8) is 0 Å². The lowest BCUT2D eigenvalue weighted by Crippen LogP contribution is -2.16. The summed E-state index contributed by atoms with van der Waals surface area (Å²) in [7, 11) is 12.7. The van der Waals surface area contributed by atoms with Crippen molar-refractivity contribution in [1.29, 1.82) is 0 Å². The zero-order valence-electron chi connectivity index (χ0n) is 85.2. The fourth-order valence-corrected chi connectivity index (χ4v) is 21.2. The molecule has 6 nitrogen and oxygen atoms in total. The third-order valence-electron chi connectivity index (χ3n) is 29.8. The van der Waals surface area contributed by atoms with Crippen LogP contribution in [0.25, 0.3) is 89.0 Å². The fourth-order valence-electron chi connectivity index (χ4n) is 21.2. The Morgan fingerprint density at radius 3 is 0.562 bits per heavy atom. The second-order valence-electron chi connectivity index (χ2n) is 40.0. The molecule has 144 heavy (non-hydrogen) atoms. The van der Waals surface area contributed by atoms with Crippen LogP contribution >= 0.6 is 0 Å². The van der Waals surface area contributed by atoms with Crippen molar-refractivity contribution in [1.82, 2.24) is 0 Å². The van der Waals surface area contributed by atoms with E-state index in [1.807, 2.05) is 24.3 Å². The maximum absolute atomic E-state index is 2.36. The number of hydrogen-bond acceptors (Lipinski definition) is 6. The highest BCUT2D eigenvalue weighted by molar-refractivity contribution is 5.89. The molecular weight excluding hydrogens is 1740 g/mol. The normalized spacial score (nSPS) is 12.9. The van der Waals surface area contributed by atoms with Crippen LogP contribution < -0.4 is 29.4 Å². The summed E-state index contributed by atoms with van der Waals surface area (Å²) >= 11 is 0. The van der Waals surface area contributed by atoms with E-state index in [0.29, 0.717) is 0 Å². The molecular formula is C138H126N6. The fraction of sp³-hybridized carbons (Fsp3) is 0.130. The summed E-state index contributed by atoms with van der Waals surface area (Å²) in [5, 5.41) is 0. The van der Waals surface area contributed by atoms with Crippen molar-refractivity contribution in [3.05, 3.63) is 554 Å². The molecule has 0 fully saturated rings. The van der Waals surface area contributed by atoms with Crippen LogP contribution in [0, 0.1) is 0 Å². The molecule has 24 rings (SSSR count). The van der Waals surface area contributed by atoms with E-state index in [-0.39, 0.29) is 21.7 Å². The minimum atomic E-state index is 0.0277. The molecule has 0 N–H and O–H groups in total. The Hall–Kier alpha value is -16.8. The van der Waals surface area contributed by atoms with Gasteiger partial charge in [-0.05, 0) is 279 Å². The number of nitrogens with zero attached hydrogens (tertiary/aromatic N) is 6. The van der Waals surface area contributed by atoms with E-state index < -0.39 is 0 Å². The van der Waals surface area contributed by atoms with E-state index in [1.165, 1.54) is 202 Å². The van der Waals surface area contributed by atoms with Crippen molar-refractivity contribution in [2.24, 2.45) is 0 Å². The van der Waals surface area contributed by atoms with Gasteiger partial charge in [-0.25, -0.2) is 0 Å². The molecule has 4 aliphatic rings. The van der Waals surface area contributed by atoms with Gasteiger partial charge in [0.25, 0.3) is 0 Å². The summed E-state index contributed by atoms with van der Waals surface area (Å²) in [5.74, 6) is 0. The molecule has 0 spiro atoms. The molecule has 20 aromatic carbocycles. The predicted octanol–water partition coefficient (Wildman–Crippen LogP) is 36.6. The van der Waals surface area contributed by atoms with Crippen LogP contribution in [-0.4, -0.2) is 42.3 Å². The standard InChI is InChI=1S/2C28H25N.2C22H21N.2C19H17N/c1-28(2)26-12-8-7-11-24(26)25-19-23(17-18-27(25)28)29(3)22-15-13-21(14-16-22)20-9-5-4-6-10-20;1-28(2)26-12-8-7-11-24(26)25-18-17-23(19-27(25)28)29(3)22-15-13-21(14-16-22)20-9-5-4-6-10-20;1-22(2)20-12-8-7-11-18(20)19-15-17(13-14-21(19)22)23(3)16-9-5-4-6-10-16;1-22(2)20-12-8-7-11-18(20)19-14-13-17(15-21(19)22)23(3)16-9-5-4-6-10-16;1-20(18-12-6-3-7-13-18)19-14-8-11-17(15-19)16-9-4-2-5-10-16;1-20(18-10-6-3-7-11-18)19-14-12-17(13-15-19)16-8-4-2-5-9-16/h2*4-19H,1-3H3;2*4-15H,1-3H3;2*2-15H,1H3. The summed E-state index contributed by atoms with van der Waals surface area (Å²) in [6.07, 6.45) is 0. The largest absolute Gasteiger partial charge is 0.345 e. The first-order valence-electron chi connectivity index (χ1n) is 50.2. The maximum atomic E-state index is 2.36. The molecule has 0 bridgehead atoms. The van der Waals surface area contributed by atoms with Crippen molar-refractivity contribution >= 4 is 68.2 Å². The first-order chi connectivity index (χ1) is 70.0. The number of anilines is 12. The van der Waals surface area contributed by atoms with Gasteiger partial charge in [-0.3, -0.25) is 0 Å². The third kappa shape index (κ3) is 19.9. The van der Waals surface area contributed by atoms with Crippen LogP contribution in [0.15, 0.2) is 510 Å². The SMILES string of the molecule is CN(c1ccc(-c2ccccc2)cc1)c1ccc2c(c1)-c1ccccc1C2(C)C.CN(c1ccc(-c2ccccc2)cc1)c1ccc2c(c1)C(C)(C)c1ccccc1-2.CN(c1ccccc1)c1ccc(-c2ccccc2)cc1.CN(c1ccccc1)c1ccc2c(c1)-c1ccccc1C2(C)C.CN(c1ccccc1)c1ccc2c(c1)C(C)(C)c1ccccc1-2.CN(c1ccccc1)c1cccc(-c2ccccc2)c1. The molecule has 0 radical (unpaired) electrons. The number of fused-ring (bicyclic) bond motifs is 12. The van der Waals surface area contributed by atoms with Gasteiger partial charge in [-0.2, -0.15) is 0 Å². The van der Waals surface area contributed by atoms with Gasteiger partial charge in [0.05, 0.1) is 0 Å². The van der Waals surface area contributed by atoms with Crippen molar-refractivity contribution < 1.29 is 0 Å². The van der Waals surface area contributed by atoms with Crippen molar-refractivity contribution in [2.45, 2.75) is 77.0 Å². The first kappa shape index (κ1) is 96.1. The quantitative estimate of drug-likeness (QED) is 0.0953. The Morgan fingerprint density at radius 1 is 0.111 bits per heavy atom. The maximum Gasteiger partial charge on any atom is 0.0414 e. The van der Waals surface area contributed by atoms with Crippen molar-refractivity contribution in [2.75, 3.05) is 71.7 Å². The van der Waals surface area contributed by atoms with E-state index in [1.54, 1.807) is 0 Å². The van der Waals surface area contributed by atoms with Gasteiger partial charge in [0.15, 0.2) is 0 Å². The summed E-state index contributed by atoms with van der Waals surface area (Å²) < 4.78 is 0. The highest BCUT2D eigenvalue weighted by Crippen LogP contribution is 2.55. The smallest absolute Gasteiger partial charge is 0.0414 e. The lowest BCUT2D eigenvalue weighted by Gasteiger charge is -2.25. The number of benzene rings is 20. The Labute approximate surface area is 854 Å². The molecule has 0 atom stereocenters. The zero-order valence-corrected chi connectivity index (χ0v) is 85.2. The first-order valence-corrected chi connectivity index (χ1v) is 50.2. The number of para-hydroxylation sites is 4. The van der Waals surface area contributed by atoms with E-state index in [0.717, 1.165) is 0 Å². The third-order valence-corrected chi connectivity index (χ3v) is 29.8. The van der Waals surface area contributed by atoms with Gasteiger partial charge in [0.2, 0.25) is 0 Å². The topological polar surface area (TPSA) is 19.4 Å². The highest BCUT2D eigenvalue weighted by atomic mass is 15.1. The average Bonchev–Trinajstić information content (AvgIpc) is 1.58. The van der Waals surface area contributed by atoms with Crippen LogP contribution in [0.4, 0.5) is 68.2 Å². The molecule has 6 heteroatoms. The Balaban J connectivity index is 0.000000110. The van der Waals surface area contributed by atoms with Crippen molar-refractivity contribution in [3.8, 4) is 89.0 Å². The summed E-state index contributed by atoms with van der Waals surface area (Å²) in [6, 6.07) is 181. The minimum Gasteiger partial charge on any atom is -0.345 e. The van der Waals surface area contributed by atoms with E-state index >= 15 is 0 Å². The Kier molecular flexibility index (Phi) is 28.0. The molecule has 0 unspecified atom stereocenters. The van der Waals surface area contributed by atoms with E-state index in [9.17, 15) is 0 Å². The van der Waals surface area contributed by atoms with Gasteiger partial charge in [-0.15, -0.1) is 0 Å². The van der Waals surface area contributed by atoms with Crippen LogP contribution in [-0.2, 0) is 21.7 Å². The Bertz CT molecular complexity index is 7780. The number of rotatable bonds is 16. The lowest BCUT2D eigenvalue weighted by molar-refractivity contribution is 0.660. The highest BCUT2D eigenvalue weighted by Gasteiger charge is 2.40. The molecule has 0 amide bonds. The molecule has 708 valence electrons. The van der Waals surface area contributed by atoms with Gasteiger partial charge < -0.3 is 29.4 Å². The molecule has 0 aromatic heterocycles. The number of hydrogen-bond donors (Lipinski definition) is 0. The molecule has 0 saturated heterocycles. The predicted molar refractivity (Wildman–Crippen MR) is 618 cm³/mol. The monoisotopic (exact) mass is 1870 g/mol. The molecule has 4 aliphatic carbocycles. The average molecular weight is 1870 g/mol. The van der Waals surface area contributed by atoms with Gasteiger partial charge >= 0.3 is 0 Å². The van der Waals surface area contributed by atoms with Crippen LogP contribution in [0.5, 0.6) is 0 Å². The summed E-state index contributed by atoms with van der Waals surface area (Å²) in [6.45, 7) is 18.6. The lowest BCUT2D eigenvalue weighted by atomic mass is 9.82. The van der Waals surface area contributed by atoms with Gasteiger partial charge in [-0.1, -0.05) is 419 Å². The van der Waals surface area contributed by atoms with E-state index in [4.69, 9.17) is 0 Å².